The summed E-state index contributed by atoms with van der Waals surface area (Å²) in [5.41, 5.74) is 1.36. The Morgan fingerprint density at radius 3 is 2.41 bits per heavy atom. The Bertz CT molecular complexity index is 959. The Balaban J connectivity index is 1.87. The second kappa shape index (κ2) is 9.56. The summed E-state index contributed by atoms with van der Waals surface area (Å²) in [4.78, 5) is 14.9. The summed E-state index contributed by atoms with van der Waals surface area (Å²) >= 11 is 1.25. The fraction of sp³-hybridized carbons (Fsp3) is 0.286. The average molecular weight is 414 g/mol. The van der Waals surface area contributed by atoms with Crippen LogP contribution in [0, 0.1) is 5.82 Å². The Morgan fingerprint density at radius 1 is 1.10 bits per heavy atom. The van der Waals surface area contributed by atoms with Crippen molar-refractivity contribution in [3.05, 3.63) is 77.4 Å². The standard InChI is InChI=1S/C21H24FN5OS/c1-3-26(4-2)20(28)19(15-10-6-5-7-11-15)29-21-25-24-18(27(21)23)14-16-12-8-9-13-17(16)22/h5-13,19H,3-4,14,23H2,1-2H3/t19-/m0/s1. The molecule has 6 nitrogen and oxygen atoms in total. The van der Waals surface area contributed by atoms with E-state index in [2.05, 4.69) is 10.2 Å². The van der Waals surface area contributed by atoms with Crippen LogP contribution in [0.1, 0.15) is 36.0 Å². The van der Waals surface area contributed by atoms with Gasteiger partial charge in [0.15, 0.2) is 5.82 Å². The zero-order valence-electron chi connectivity index (χ0n) is 16.5. The van der Waals surface area contributed by atoms with Crippen LogP contribution < -0.4 is 5.84 Å². The number of likely N-dealkylation sites (N-methyl/N-ethyl adjacent to an activating group) is 1. The minimum Gasteiger partial charge on any atom is -0.342 e. The highest BCUT2D eigenvalue weighted by Gasteiger charge is 2.28. The van der Waals surface area contributed by atoms with E-state index in [0.717, 1.165) is 5.56 Å². The first-order valence-electron chi connectivity index (χ1n) is 9.48. The van der Waals surface area contributed by atoms with E-state index < -0.39 is 5.25 Å². The van der Waals surface area contributed by atoms with Crippen LogP contribution in [0.3, 0.4) is 0 Å². The number of hydrogen-bond acceptors (Lipinski definition) is 5. The summed E-state index contributed by atoms with van der Waals surface area (Å²) < 4.78 is 15.3. The molecule has 0 unspecified atom stereocenters. The zero-order valence-corrected chi connectivity index (χ0v) is 17.3. The number of carbonyl (C=O) groups excluding carboxylic acids is 1. The van der Waals surface area contributed by atoms with E-state index >= 15 is 0 Å². The van der Waals surface area contributed by atoms with E-state index in [4.69, 9.17) is 5.84 Å². The van der Waals surface area contributed by atoms with Crippen molar-refractivity contribution in [3.8, 4) is 0 Å². The summed E-state index contributed by atoms with van der Waals surface area (Å²) in [5.74, 6) is 6.30. The van der Waals surface area contributed by atoms with Crippen LogP contribution >= 0.6 is 11.8 Å². The van der Waals surface area contributed by atoms with Crippen molar-refractivity contribution in [1.29, 1.82) is 0 Å². The fourth-order valence-corrected chi connectivity index (χ4v) is 4.08. The number of amides is 1. The maximum absolute atomic E-state index is 14.0. The Hall–Kier alpha value is -2.87. The number of nitrogens with zero attached hydrogens (tertiary/aromatic N) is 4. The van der Waals surface area contributed by atoms with Gasteiger partial charge in [-0.3, -0.25) is 4.79 Å². The molecule has 0 radical (unpaired) electrons. The summed E-state index contributed by atoms with van der Waals surface area (Å²) in [6.07, 6.45) is 0.219. The van der Waals surface area contributed by atoms with Crippen molar-refractivity contribution in [3.63, 3.8) is 0 Å². The van der Waals surface area contributed by atoms with Crippen molar-refractivity contribution in [2.24, 2.45) is 0 Å². The Kier molecular flexibility index (Phi) is 6.87. The number of nitrogen functional groups attached to an aromatic ring is 1. The molecular formula is C21H24FN5OS. The molecule has 1 heterocycles. The number of thioether (sulfide) groups is 1. The van der Waals surface area contributed by atoms with Gasteiger partial charge in [0.05, 0.1) is 0 Å². The first-order valence-corrected chi connectivity index (χ1v) is 10.4. The minimum absolute atomic E-state index is 0.00939. The van der Waals surface area contributed by atoms with Crippen LogP contribution in [0.25, 0.3) is 0 Å². The van der Waals surface area contributed by atoms with Gasteiger partial charge >= 0.3 is 0 Å². The van der Waals surface area contributed by atoms with Crippen molar-refractivity contribution >= 4 is 17.7 Å². The number of carbonyl (C=O) groups is 1. The topological polar surface area (TPSA) is 77.0 Å². The molecule has 2 N–H and O–H groups in total. The second-order valence-corrected chi connectivity index (χ2v) is 7.53. The maximum Gasteiger partial charge on any atom is 0.240 e. The number of benzene rings is 2. The molecule has 0 aliphatic heterocycles. The van der Waals surface area contributed by atoms with Crippen LogP contribution in [0.15, 0.2) is 59.8 Å². The van der Waals surface area contributed by atoms with E-state index in [0.29, 0.717) is 29.6 Å². The molecule has 3 rings (SSSR count). The average Bonchev–Trinajstić information content (AvgIpc) is 3.08. The van der Waals surface area contributed by atoms with Gasteiger partial charge in [-0.05, 0) is 31.0 Å². The second-order valence-electron chi connectivity index (χ2n) is 6.46. The molecule has 8 heteroatoms. The van der Waals surface area contributed by atoms with Crippen LogP contribution in [-0.4, -0.2) is 38.8 Å². The molecule has 1 atom stereocenters. The molecule has 0 spiro atoms. The zero-order chi connectivity index (χ0) is 20.8. The van der Waals surface area contributed by atoms with E-state index in [9.17, 15) is 9.18 Å². The monoisotopic (exact) mass is 413 g/mol. The summed E-state index contributed by atoms with van der Waals surface area (Å²) in [6, 6.07) is 16.0. The Labute approximate surface area is 173 Å². The molecule has 2 aromatic carbocycles. The highest BCUT2D eigenvalue weighted by atomic mass is 32.2. The SMILES string of the molecule is CCN(CC)C(=O)[C@@H](Sc1nnc(Cc2ccccc2F)n1N)c1ccccc1. The van der Waals surface area contributed by atoms with E-state index in [-0.39, 0.29) is 18.1 Å². The van der Waals surface area contributed by atoms with Crippen LogP contribution in [0.2, 0.25) is 0 Å². The summed E-state index contributed by atoms with van der Waals surface area (Å²) in [6.45, 7) is 5.14. The number of rotatable bonds is 8. The van der Waals surface area contributed by atoms with Crippen molar-refractivity contribution < 1.29 is 9.18 Å². The minimum atomic E-state index is -0.496. The molecule has 0 bridgehead atoms. The molecule has 152 valence electrons. The van der Waals surface area contributed by atoms with Crippen LogP contribution in [-0.2, 0) is 11.2 Å². The lowest BCUT2D eigenvalue weighted by atomic mass is 10.1. The van der Waals surface area contributed by atoms with Gasteiger partial charge < -0.3 is 10.7 Å². The number of halogens is 1. The smallest absolute Gasteiger partial charge is 0.240 e. The van der Waals surface area contributed by atoms with Gasteiger partial charge in [0.1, 0.15) is 11.1 Å². The molecule has 0 saturated heterocycles. The van der Waals surface area contributed by atoms with Gasteiger partial charge in [-0.2, -0.15) is 0 Å². The van der Waals surface area contributed by atoms with E-state index in [1.165, 1.54) is 22.5 Å². The van der Waals surface area contributed by atoms with Gasteiger partial charge in [0, 0.05) is 19.5 Å². The number of aromatic nitrogens is 3. The van der Waals surface area contributed by atoms with Gasteiger partial charge in [-0.1, -0.05) is 60.3 Å². The van der Waals surface area contributed by atoms with Gasteiger partial charge in [-0.25, -0.2) is 9.07 Å². The highest BCUT2D eigenvalue weighted by molar-refractivity contribution is 8.00. The van der Waals surface area contributed by atoms with Gasteiger partial charge in [-0.15, -0.1) is 10.2 Å². The third-order valence-corrected chi connectivity index (χ3v) is 5.87. The van der Waals surface area contributed by atoms with E-state index in [1.54, 1.807) is 23.1 Å². The first kappa shape index (κ1) is 20.9. The lowest BCUT2D eigenvalue weighted by Crippen LogP contribution is -2.34. The number of nitrogens with two attached hydrogens (primary N) is 1. The molecule has 0 aliphatic carbocycles. The Morgan fingerprint density at radius 2 is 1.76 bits per heavy atom. The largest absolute Gasteiger partial charge is 0.342 e. The first-order chi connectivity index (χ1) is 14.0. The number of hydrogen-bond donors (Lipinski definition) is 1. The highest BCUT2D eigenvalue weighted by Crippen LogP contribution is 2.35. The molecular weight excluding hydrogens is 389 g/mol. The van der Waals surface area contributed by atoms with Crippen molar-refractivity contribution in [2.45, 2.75) is 30.7 Å². The van der Waals surface area contributed by atoms with Crippen LogP contribution in [0.5, 0.6) is 0 Å². The predicted octanol–water partition coefficient (Wildman–Crippen LogP) is 3.42. The third-order valence-electron chi connectivity index (χ3n) is 4.67. The fourth-order valence-electron chi connectivity index (χ4n) is 3.02. The molecule has 3 aromatic rings. The molecule has 0 saturated carbocycles. The molecule has 1 aromatic heterocycles. The molecule has 0 fully saturated rings. The lowest BCUT2D eigenvalue weighted by molar-refractivity contribution is -0.130. The quantitative estimate of drug-likeness (QED) is 0.452. The molecule has 0 aliphatic rings. The summed E-state index contributed by atoms with van der Waals surface area (Å²) in [7, 11) is 0. The normalized spacial score (nSPS) is 12.0. The van der Waals surface area contributed by atoms with Crippen LogP contribution in [0.4, 0.5) is 4.39 Å². The van der Waals surface area contributed by atoms with Gasteiger partial charge in [0.25, 0.3) is 0 Å². The predicted molar refractivity (Wildman–Crippen MR) is 112 cm³/mol. The summed E-state index contributed by atoms with van der Waals surface area (Å²) in [5, 5.41) is 8.19. The lowest BCUT2D eigenvalue weighted by Gasteiger charge is -2.24. The van der Waals surface area contributed by atoms with Crippen molar-refractivity contribution in [1.82, 2.24) is 19.8 Å². The van der Waals surface area contributed by atoms with Gasteiger partial charge in [0.2, 0.25) is 11.1 Å². The molecule has 29 heavy (non-hydrogen) atoms. The van der Waals surface area contributed by atoms with Crippen molar-refractivity contribution in [2.75, 3.05) is 18.9 Å². The maximum atomic E-state index is 14.0. The third kappa shape index (κ3) is 4.76. The molecule has 1 amide bonds. The van der Waals surface area contributed by atoms with E-state index in [1.807, 2.05) is 44.2 Å².